The fourth-order valence-corrected chi connectivity index (χ4v) is 1.67. The molecule has 1 heterocycles. The lowest BCUT2D eigenvalue weighted by atomic mass is 10.3. The van der Waals surface area contributed by atoms with E-state index in [2.05, 4.69) is 28.4 Å². The number of hydrogen-bond donors (Lipinski definition) is 1. The molecule has 1 N–H and O–H groups in total. The molecule has 1 aromatic rings. The van der Waals surface area contributed by atoms with Crippen LogP contribution in [0.1, 0.15) is 11.4 Å². The standard InChI is InChI=1S/C12H24N4O/c1-11-9-12(16(3)14-11)10-13-5-6-15(2)7-8-17-4/h9,13H,5-8,10H2,1-4H3. The Kier molecular flexibility index (Phi) is 6.18. The van der Waals surface area contributed by atoms with Gasteiger partial charge < -0.3 is 15.0 Å². The smallest absolute Gasteiger partial charge is 0.0597 e. The number of methoxy groups -OCH3 is 1. The zero-order valence-electron chi connectivity index (χ0n) is 11.4. The van der Waals surface area contributed by atoms with Gasteiger partial charge in [0, 0.05) is 40.3 Å². The summed E-state index contributed by atoms with van der Waals surface area (Å²) in [5.74, 6) is 0. The van der Waals surface area contributed by atoms with Gasteiger partial charge in [-0.2, -0.15) is 5.10 Å². The summed E-state index contributed by atoms with van der Waals surface area (Å²) < 4.78 is 6.96. The van der Waals surface area contributed by atoms with Gasteiger partial charge in [-0.25, -0.2) is 0 Å². The summed E-state index contributed by atoms with van der Waals surface area (Å²) >= 11 is 0. The molecule has 0 fully saturated rings. The molecule has 0 unspecified atom stereocenters. The number of nitrogens with zero attached hydrogens (tertiary/aromatic N) is 3. The number of ether oxygens (including phenoxy) is 1. The summed E-state index contributed by atoms with van der Waals surface area (Å²) in [5, 5.41) is 7.74. The molecule has 1 aromatic heterocycles. The van der Waals surface area contributed by atoms with Crippen LogP contribution in [0.25, 0.3) is 0 Å². The van der Waals surface area contributed by atoms with E-state index in [0.29, 0.717) is 0 Å². The predicted molar refractivity (Wildman–Crippen MR) is 69.0 cm³/mol. The molecule has 0 amide bonds. The average Bonchev–Trinajstić information content (AvgIpc) is 2.60. The van der Waals surface area contributed by atoms with E-state index in [1.165, 1.54) is 5.69 Å². The van der Waals surface area contributed by atoms with Crippen molar-refractivity contribution in [3.05, 3.63) is 17.5 Å². The summed E-state index contributed by atoms with van der Waals surface area (Å²) in [6.07, 6.45) is 0. The molecule has 0 aliphatic rings. The Balaban J connectivity index is 2.14. The van der Waals surface area contributed by atoms with Crippen molar-refractivity contribution in [3.8, 4) is 0 Å². The molecule has 17 heavy (non-hydrogen) atoms. The van der Waals surface area contributed by atoms with Crippen LogP contribution in [0.2, 0.25) is 0 Å². The summed E-state index contributed by atoms with van der Waals surface area (Å²) in [6, 6.07) is 2.11. The Labute approximate surface area is 104 Å². The lowest BCUT2D eigenvalue weighted by molar-refractivity contribution is 0.161. The minimum Gasteiger partial charge on any atom is -0.383 e. The Morgan fingerprint density at radius 2 is 2.24 bits per heavy atom. The van der Waals surface area contributed by atoms with E-state index in [1.807, 2.05) is 18.7 Å². The number of aromatic nitrogens is 2. The third kappa shape index (κ3) is 5.30. The van der Waals surface area contributed by atoms with Crippen LogP contribution in [0, 0.1) is 6.92 Å². The first-order chi connectivity index (χ1) is 8.13. The van der Waals surface area contributed by atoms with E-state index in [1.54, 1.807) is 7.11 Å². The van der Waals surface area contributed by atoms with Gasteiger partial charge in [-0.3, -0.25) is 4.68 Å². The molecule has 0 aliphatic heterocycles. The fraction of sp³-hybridized carbons (Fsp3) is 0.750. The maximum Gasteiger partial charge on any atom is 0.0597 e. The molecule has 0 aromatic carbocycles. The summed E-state index contributed by atoms with van der Waals surface area (Å²) in [7, 11) is 5.82. The van der Waals surface area contributed by atoms with Crippen molar-refractivity contribution in [3.63, 3.8) is 0 Å². The topological polar surface area (TPSA) is 42.3 Å². The third-order valence-corrected chi connectivity index (χ3v) is 2.75. The second-order valence-electron chi connectivity index (χ2n) is 4.37. The minimum absolute atomic E-state index is 0.789. The second-order valence-corrected chi connectivity index (χ2v) is 4.37. The molecule has 0 saturated carbocycles. The van der Waals surface area contributed by atoms with Crippen LogP contribution in [-0.2, 0) is 18.3 Å². The van der Waals surface area contributed by atoms with Crippen LogP contribution >= 0.6 is 0 Å². The lowest BCUT2D eigenvalue weighted by Gasteiger charge is -2.16. The Hall–Kier alpha value is -0.910. The molecular formula is C12H24N4O. The van der Waals surface area contributed by atoms with Gasteiger partial charge in [-0.15, -0.1) is 0 Å². The van der Waals surface area contributed by atoms with Crippen LogP contribution in [0.5, 0.6) is 0 Å². The van der Waals surface area contributed by atoms with E-state index in [0.717, 1.165) is 38.5 Å². The van der Waals surface area contributed by atoms with Crippen LogP contribution in [-0.4, -0.2) is 55.1 Å². The van der Waals surface area contributed by atoms with Crippen molar-refractivity contribution >= 4 is 0 Å². The molecule has 0 spiro atoms. The molecule has 1 rings (SSSR count). The van der Waals surface area contributed by atoms with Crippen LogP contribution < -0.4 is 5.32 Å². The van der Waals surface area contributed by atoms with Crippen molar-refractivity contribution < 1.29 is 4.74 Å². The van der Waals surface area contributed by atoms with Gasteiger partial charge in [-0.05, 0) is 20.0 Å². The van der Waals surface area contributed by atoms with E-state index in [9.17, 15) is 0 Å². The molecule has 0 atom stereocenters. The summed E-state index contributed by atoms with van der Waals surface area (Å²) in [4.78, 5) is 2.25. The molecule has 0 aliphatic carbocycles. The Morgan fingerprint density at radius 3 is 2.82 bits per heavy atom. The number of hydrogen-bond acceptors (Lipinski definition) is 4. The molecule has 5 heteroatoms. The minimum atomic E-state index is 0.789. The predicted octanol–water partition coefficient (Wildman–Crippen LogP) is 0.396. The van der Waals surface area contributed by atoms with Gasteiger partial charge in [0.15, 0.2) is 0 Å². The van der Waals surface area contributed by atoms with Gasteiger partial charge in [-0.1, -0.05) is 0 Å². The largest absolute Gasteiger partial charge is 0.383 e. The molecule has 0 saturated heterocycles. The zero-order valence-corrected chi connectivity index (χ0v) is 11.4. The molecule has 5 nitrogen and oxygen atoms in total. The number of likely N-dealkylation sites (N-methyl/N-ethyl adjacent to an activating group) is 1. The first-order valence-electron chi connectivity index (χ1n) is 6.01. The van der Waals surface area contributed by atoms with Crippen molar-refractivity contribution in [1.82, 2.24) is 20.0 Å². The van der Waals surface area contributed by atoms with Gasteiger partial charge in [0.1, 0.15) is 0 Å². The molecule has 0 radical (unpaired) electrons. The molecule has 0 bridgehead atoms. The van der Waals surface area contributed by atoms with Crippen molar-refractivity contribution in [2.75, 3.05) is 40.4 Å². The highest BCUT2D eigenvalue weighted by Crippen LogP contribution is 2.00. The first kappa shape index (κ1) is 14.2. The SMILES string of the molecule is COCCN(C)CCNCc1cc(C)nn1C. The number of nitrogens with one attached hydrogen (secondary N) is 1. The Morgan fingerprint density at radius 1 is 1.47 bits per heavy atom. The maximum absolute atomic E-state index is 5.03. The third-order valence-electron chi connectivity index (χ3n) is 2.75. The quantitative estimate of drug-likeness (QED) is 0.668. The second kappa shape index (κ2) is 7.42. The molecule has 98 valence electrons. The van der Waals surface area contributed by atoms with E-state index in [-0.39, 0.29) is 0 Å². The van der Waals surface area contributed by atoms with E-state index >= 15 is 0 Å². The zero-order chi connectivity index (χ0) is 12.7. The number of aryl methyl sites for hydroxylation is 2. The van der Waals surface area contributed by atoms with Gasteiger partial charge in [0.25, 0.3) is 0 Å². The number of rotatable bonds is 8. The first-order valence-corrected chi connectivity index (χ1v) is 6.01. The summed E-state index contributed by atoms with van der Waals surface area (Å²) in [6.45, 7) is 6.66. The van der Waals surface area contributed by atoms with Crippen molar-refractivity contribution in [1.29, 1.82) is 0 Å². The van der Waals surface area contributed by atoms with Gasteiger partial charge in [0.2, 0.25) is 0 Å². The highest BCUT2D eigenvalue weighted by molar-refractivity contribution is 5.08. The normalized spacial score (nSPS) is 11.4. The Bertz CT molecular complexity index is 324. The summed E-state index contributed by atoms with van der Waals surface area (Å²) in [5.41, 5.74) is 2.29. The van der Waals surface area contributed by atoms with Crippen LogP contribution in [0.3, 0.4) is 0 Å². The van der Waals surface area contributed by atoms with Gasteiger partial charge >= 0.3 is 0 Å². The highest BCUT2D eigenvalue weighted by atomic mass is 16.5. The highest BCUT2D eigenvalue weighted by Gasteiger charge is 2.01. The monoisotopic (exact) mass is 240 g/mol. The maximum atomic E-state index is 5.03. The lowest BCUT2D eigenvalue weighted by Crippen LogP contribution is -2.31. The van der Waals surface area contributed by atoms with Crippen molar-refractivity contribution in [2.45, 2.75) is 13.5 Å². The van der Waals surface area contributed by atoms with Crippen molar-refractivity contribution in [2.24, 2.45) is 7.05 Å². The average molecular weight is 240 g/mol. The van der Waals surface area contributed by atoms with Crippen LogP contribution in [0.4, 0.5) is 0 Å². The van der Waals surface area contributed by atoms with Crippen LogP contribution in [0.15, 0.2) is 6.07 Å². The van der Waals surface area contributed by atoms with E-state index < -0.39 is 0 Å². The van der Waals surface area contributed by atoms with E-state index in [4.69, 9.17) is 4.74 Å². The van der Waals surface area contributed by atoms with Gasteiger partial charge in [0.05, 0.1) is 18.0 Å². The fourth-order valence-electron chi connectivity index (χ4n) is 1.67. The molecular weight excluding hydrogens is 216 g/mol.